The maximum atomic E-state index is 11.7. The van der Waals surface area contributed by atoms with Gasteiger partial charge in [0.25, 0.3) is 11.1 Å². The molecule has 4 heterocycles. The number of thioether (sulfide) groups is 2. The molecule has 0 saturated carbocycles. The first-order chi connectivity index (χ1) is 15.6. The molecule has 0 bridgehead atoms. The quantitative estimate of drug-likeness (QED) is 0.338. The van der Waals surface area contributed by atoms with Gasteiger partial charge in [-0.1, -0.05) is 11.8 Å². The second kappa shape index (κ2) is 11.0. The molecule has 0 spiro atoms. The zero-order valence-corrected chi connectivity index (χ0v) is 19.4. The summed E-state index contributed by atoms with van der Waals surface area (Å²) in [6.45, 7) is 4.41. The molecule has 168 valence electrons. The third-order valence-corrected chi connectivity index (χ3v) is 6.71. The van der Waals surface area contributed by atoms with Crippen molar-refractivity contribution in [3.05, 3.63) is 46.6 Å². The Labute approximate surface area is 195 Å². The van der Waals surface area contributed by atoms with Crippen LogP contribution in [0.15, 0.2) is 34.6 Å². The smallest absolute Gasteiger partial charge is 0.290 e. The number of hydrogen-bond donors (Lipinski definition) is 2. The molecule has 2 saturated heterocycles. The zero-order chi connectivity index (χ0) is 22.3. The van der Waals surface area contributed by atoms with Gasteiger partial charge in [0.2, 0.25) is 0 Å². The van der Waals surface area contributed by atoms with Gasteiger partial charge in [-0.05, 0) is 74.6 Å². The topological polar surface area (TPSA) is 113 Å². The summed E-state index contributed by atoms with van der Waals surface area (Å²) in [7, 11) is 0. The second-order valence-electron chi connectivity index (χ2n) is 7.64. The number of piperidine rings is 1. The summed E-state index contributed by atoms with van der Waals surface area (Å²) in [5.74, 6) is 0.986. The van der Waals surface area contributed by atoms with Crippen LogP contribution in [0.4, 0.5) is 4.79 Å². The van der Waals surface area contributed by atoms with Crippen molar-refractivity contribution in [2.24, 2.45) is 5.92 Å². The second-order valence-corrected chi connectivity index (χ2v) is 9.42. The van der Waals surface area contributed by atoms with Crippen LogP contribution in [0, 0.1) is 5.92 Å². The number of imide groups is 1. The summed E-state index contributed by atoms with van der Waals surface area (Å²) in [6.07, 6.45) is 9.36. The van der Waals surface area contributed by atoms with Crippen molar-refractivity contribution in [2.45, 2.75) is 31.1 Å². The molecule has 0 atom stereocenters. The van der Waals surface area contributed by atoms with Crippen molar-refractivity contribution >= 4 is 40.7 Å². The van der Waals surface area contributed by atoms with E-state index >= 15 is 0 Å². The predicted octanol–water partition coefficient (Wildman–Crippen LogP) is 2.31. The van der Waals surface area contributed by atoms with E-state index in [1.807, 2.05) is 18.5 Å². The Bertz CT molecular complexity index is 1010. The van der Waals surface area contributed by atoms with Crippen LogP contribution in [0.25, 0.3) is 6.08 Å². The Morgan fingerprint density at radius 1 is 1.22 bits per heavy atom. The van der Waals surface area contributed by atoms with E-state index in [1.165, 1.54) is 0 Å². The average molecular weight is 472 g/mol. The standard InChI is InChI=1S/C21H25N7O2S2/c1-31-20-24-7-3-16(26-20)12-22-11-14-4-8-28(9-5-14)13-18-23-6-2-15(25-18)10-17-19(29)27-21(30)32-17/h2-3,6-7,10,14,22H,4-5,8-9,11-13H2,1H3,(H,27,29,30)/b17-10-. The number of hydrogen-bond acceptors (Lipinski definition) is 10. The van der Waals surface area contributed by atoms with Gasteiger partial charge in [-0.2, -0.15) is 0 Å². The molecule has 32 heavy (non-hydrogen) atoms. The molecule has 2 fully saturated rings. The summed E-state index contributed by atoms with van der Waals surface area (Å²) in [6, 6.07) is 3.69. The molecule has 0 aliphatic carbocycles. The highest BCUT2D eigenvalue weighted by Crippen LogP contribution is 2.25. The molecule has 0 aromatic carbocycles. The summed E-state index contributed by atoms with van der Waals surface area (Å²) in [5, 5.41) is 6.23. The fourth-order valence-corrected chi connectivity index (χ4v) is 4.69. The van der Waals surface area contributed by atoms with Gasteiger partial charge < -0.3 is 5.32 Å². The third kappa shape index (κ3) is 6.35. The van der Waals surface area contributed by atoms with Crippen molar-refractivity contribution in [1.82, 2.24) is 35.5 Å². The summed E-state index contributed by atoms with van der Waals surface area (Å²) in [5.41, 5.74) is 1.66. The van der Waals surface area contributed by atoms with Gasteiger partial charge in [0, 0.05) is 18.9 Å². The first-order valence-corrected chi connectivity index (χ1v) is 12.5. The van der Waals surface area contributed by atoms with Gasteiger partial charge in [0.1, 0.15) is 5.82 Å². The van der Waals surface area contributed by atoms with Gasteiger partial charge >= 0.3 is 0 Å². The highest BCUT2D eigenvalue weighted by atomic mass is 32.2. The number of amides is 2. The Morgan fingerprint density at radius 2 is 2.03 bits per heavy atom. The molecule has 11 heteroatoms. The van der Waals surface area contributed by atoms with Crippen LogP contribution in [-0.4, -0.2) is 61.9 Å². The van der Waals surface area contributed by atoms with Crippen molar-refractivity contribution in [3.63, 3.8) is 0 Å². The maximum absolute atomic E-state index is 11.7. The number of nitrogens with zero attached hydrogens (tertiary/aromatic N) is 5. The number of rotatable bonds is 8. The molecule has 2 aliphatic heterocycles. The number of carbonyl (C=O) groups excluding carboxylic acids is 2. The van der Waals surface area contributed by atoms with Crippen LogP contribution >= 0.6 is 23.5 Å². The van der Waals surface area contributed by atoms with Crippen molar-refractivity contribution in [1.29, 1.82) is 0 Å². The third-order valence-electron chi connectivity index (χ3n) is 5.33. The van der Waals surface area contributed by atoms with Gasteiger partial charge in [-0.3, -0.25) is 19.8 Å². The molecule has 2 aromatic heterocycles. The van der Waals surface area contributed by atoms with E-state index in [0.717, 1.165) is 67.5 Å². The van der Waals surface area contributed by atoms with E-state index in [1.54, 1.807) is 30.1 Å². The summed E-state index contributed by atoms with van der Waals surface area (Å²) >= 11 is 2.45. The molecule has 2 aliphatic rings. The van der Waals surface area contributed by atoms with E-state index in [-0.39, 0.29) is 11.1 Å². The van der Waals surface area contributed by atoms with Gasteiger partial charge in [-0.25, -0.2) is 19.9 Å². The van der Waals surface area contributed by atoms with Crippen molar-refractivity contribution in [2.75, 3.05) is 25.9 Å². The number of nitrogens with one attached hydrogen (secondary N) is 2. The molecule has 9 nitrogen and oxygen atoms in total. The highest BCUT2D eigenvalue weighted by Gasteiger charge is 2.25. The molecule has 2 amide bonds. The van der Waals surface area contributed by atoms with Crippen LogP contribution in [0.1, 0.15) is 30.1 Å². The van der Waals surface area contributed by atoms with Gasteiger partial charge in [0.05, 0.1) is 22.8 Å². The van der Waals surface area contributed by atoms with E-state index in [4.69, 9.17) is 0 Å². The van der Waals surface area contributed by atoms with Crippen molar-refractivity contribution < 1.29 is 9.59 Å². The summed E-state index contributed by atoms with van der Waals surface area (Å²) in [4.78, 5) is 43.4. The van der Waals surface area contributed by atoms with E-state index in [0.29, 0.717) is 23.1 Å². The Hall–Kier alpha value is -2.34. The molecule has 0 unspecified atom stereocenters. The zero-order valence-electron chi connectivity index (χ0n) is 17.8. The van der Waals surface area contributed by atoms with Crippen molar-refractivity contribution in [3.8, 4) is 0 Å². The van der Waals surface area contributed by atoms with Gasteiger partial charge in [-0.15, -0.1) is 0 Å². The molecule has 4 rings (SSSR count). The van der Waals surface area contributed by atoms with E-state index in [9.17, 15) is 9.59 Å². The highest BCUT2D eigenvalue weighted by molar-refractivity contribution is 8.18. The SMILES string of the molecule is CSc1nccc(CNCC2CCN(Cc3nccc(/C=C4\SC(=O)NC4=O)n3)CC2)n1. The fraction of sp³-hybridized carbons (Fsp3) is 0.429. The largest absolute Gasteiger partial charge is 0.311 e. The molecule has 0 radical (unpaired) electrons. The summed E-state index contributed by atoms with van der Waals surface area (Å²) < 4.78 is 0. The normalized spacial score (nSPS) is 19.0. The lowest BCUT2D eigenvalue weighted by molar-refractivity contribution is -0.115. The Kier molecular flexibility index (Phi) is 7.85. The minimum atomic E-state index is -0.375. The van der Waals surface area contributed by atoms with Crippen LogP contribution in [0.2, 0.25) is 0 Å². The van der Waals surface area contributed by atoms with Crippen LogP contribution in [0.5, 0.6) is 0 Å². The first kappa shape index (κ1) is 22.8. The van der Waals surface area contributed by atoms with E-state index < -0.39 is 0 Å². The number of carbonyl (C=O) groups is 2. The molecular weight excluding hydrogens is 446 g/mol. The number of likely N-dealkylation sites (tertiary alicyclic amines) is 1. The van der Waals surface area contributed by atoms with E-state index in [2.05, 4.69) is 35.5 Å². The Morgan fingerprint density at radius 3 is 2.78 bits per heavy atom. The number of aromatic nitrogens is 4. The molecule has 2 N–H and O–H groups in total. The average Bonchev–Trinajstić information content (AvgIpc) is 3.12. The monoisotopic (exact) mass is 471 g/mol. The predicted molar refractivity (Wildman–Crippen MR) is 125 cm³/mol. The first-order valence-electron chi connectivity index (χ1n) is 10.4. The van der Waals surface area contributed by atoms with Crippen LogP contribution in [-0.2, 0) is 17.9 Å². The minimum Gasteiger partial charge on any atom is -0.311 e. The van der Waals surface area contributed by atoms with Crippen LogP contribution in [0.3, 0.4) is 0 Å². The molecule has 2 aromatic rings. The maximum Gasteiger partial charge on any atom is 0.290 e. The fourth-order valence-electron chi connectivity index (χ4n) is 3.65. The lowest BCUT2D eigenvalue weighted by Gasteiger charge is -2.31. The lowest BCUT2D eigenvalue weighted by Crippen LogP contribution is -2.37. The lowest BCUT2D eigenvalue weighted by atomic mass is 9.97. The van der Waals surface area contributed by atoms with Gasteiger partial charge in [0.15, 0.2) is 5.16 Å². The van der Waals surface area contributed by atoms with Crippen LogP contribution < -0.4 is 10.6 Å². The Balaban J connectivity index is 1.22. The molecular formula is C21H25N7O2S2. The minimum absolute atomic E-state index is 0.352.